The normalized spacial score (nSPS) is 14.5. The van der Waals surface area contributed by atoms with Gasteiger partial charge in [0.1, 0.15) is 9.71 Å². The topological polar surface area (TPSA) is 90.7 Å². The molecule has 0 spiro atoms. The number of hydrogen-bond donors (Lipinski definition) is 0. The second-order valence-corrected chi connectivity index (χ2v) is 8.97. The number of likely N-dealkylation sites (tertiary alicyclic amines) is 1. The molecule has 1 aromatic carbocycles. The van der Waals surface area contributed by atoms with Crippen LogP contribution in [0.25, 0.3) is 15.9 Å². The Hall–Kier alpha value is -2.91. The molecule has 3 aromatic rings. The molecule has 2 aromatic heterocycles. The van der Waals surface area contributed by atoms with Crippen molar-refractivity contribution < 1.29 is 23.9 Å². The zero-order valence-corrected chi connectivity index (χ0v) is 19.2. The highest BCUT2D eigenvalue weighted by atomic mass is 35.5. The fourth-order valence-corrected chi connectivity index (χ4v) is 5.04. The molecule has 0 atom stereocenters. The van der Waals surface area contributed by atoms with Crippen molar-refractivity contribution in [3.8, 4) is 5.69 Å². The van der Waals surface area contributed by atoms with E-state index in [-0.39, 0.29) is 24.4 Å². The van der Waals surface area contributed by atoms with E-state index in [1.807, 2.05) is 25.1 Å². The van der Waals surface area contributed by atoms with E-state index in [0.717, 1.165) is 21.6 Å². The molecule has 8 nitrogen and oxygen atoms in total. The van der Waals surface area contributed by atoms with Crippen LogP contribution in [0.3, 0.4) is 0 Å². The molecule has 0 N–H and O–H groups in total. The zero-order valence-electron chi connectivity index (χ0n) is 17.7. The summed E-state index contributed by atoms with van der Waals surface area (Å²) >= 11 is 7.56. The summed E-state index contributed by atoms with van der Waals surface area (Å²) in [6.45, 7) is 2.39. The van der Waals surface area contributed by atoms with Gasteiger partial charge in [0.25, 0.3) is 5.91 Å². The Morgan fingerprint density at radius 1 is 1.22 bits per heavy atom. The quantitative estimate of drug-likeness (QED) is 0.523. The molecule has 168 valence electrons. The van der Waals surface area contributed by atoms with Crippen molar-refractivity contribution in [2.45, 2.75) is 19.8 Å². The van der Waals surface area contributed by atoms with Crippen LogP contribution >= 0.6 is 22.9 Å². The van der Waals surface area contributed by atoms with Gasteiger partial charge in [0, 0.05) is 18.5 Å². The first-order chi connectivity index (χ1) is 15.4. The summed E-state index contributed by atoms with van der Waals surface area (Å²) in [5, 5.41) is 5.92. The third-order valence-corrected chi connectivity index (χ3v) is 6.95. The number of halogens is 1. The lowest BCUT2D eigenvalue weighted by molar-refractivity contribution is -0.149. The van der Waals surface area contributed by atoms with Crippen molar-refractivity contribution in [1.82, 2.24) is 14.7 Å². The van der Waals surface area contributed by atoms with Crippen LogP contribution in [0.4, 0.5) is 0 Å². The highest BCUT2D eigenvalue weighted by Crippen LogP contribution is 2.32. The van der Waals surface area contributed by atoms with Gasteiger partial charge in [0.05, 0.1) is 29.4 Å². The number of piperidine rings is 1. The third-order valence-electron chi connectivity index (χ3n) is 5.54. The molecule has 1 amide bonds. The van der Waals surface area contributed by atoms with Crippen LogP contribution in [0.2, 0.25) is 5.02 Å². The molecule has 0 saturated carbocycles. The summed E-state index contributed by atoms with van der Waals surface area (Å²) in [6, 6.07) is 9.07. The number of para-hydroxylation sites is 1. The van der Waals surface area contributed by atoms with Crippen LogP contribution in [0.5, 0.6) is 0 Å². The number of thiophene rings is 1. The maximum absolute atomic E-state index is 12.6. The molecule has 0 bridgehead atoms. The van der Waals surface area contributed by atoms with Crippen molar-refractivity contribution in [3.63, 3.8) is 0 Å². The molecule has 1 aliphatic rings. The maximum atomic E-state index is 12.6. The van der Waals surface area contributed by atoms with Crippen molar-refractivity contribution in [2.24, 2.45) is 5.92 Å². The number of amides is 1. The fraction of sp³-hybridized carbons (Fsp3) is 0.364. The summed E-state index contributed by atoms with van der Waals surface area (Å²) in [4.78, 5) is 39.4. The van der Waals surface area contributed by atoms with E-state index in [2.05, 4.69) is 5.10 Å². The third kappa shape index (κ3) is 4.35. The van der Waals surface area contributed by atoms with Gasteiger partial charge in [-0.05, 0) is 38.0 Å². The molecular weight excluding hydrogens is 454 g/mol. The van der Waals surface area contributed by atoms with Crippen molar-refractivity contribution >= 4 is 51.0 Å². The summed E-state index contributed by atoms with van der Waals surface area (Å²) in [5.74, 6) is -1.28. The molecule has 0 radical (unpaired) electrons. The Bertz CT molecular complexity index is 1180. The number of rotatable bonds is 5. The fourth-order valence-electron chi connectivity index (χ4n) is 3.76. The molecule has 3 heterocycles. The summed E-state index contributed by atoms with van der Waals surface area (Å²) in [5.41, 5.74) is 1.49. The standard InChI is InChI=1S/C22H22ClN3O5S/c1-13-15-11-18(32-20(15)26(24-13)17-6-4-3-5-16(17)23)22(29)31-12-19(27)25-9-7-14(8-10-25)21(28)30-2/h3-6,11,14H,7-10,12H2,1-2H3. The smallest absolute Gasteiger partial charge is 0.348 e. The summed E-state index contributed by atoms with van der Waals surface area (Å²) in [7, 11) is 1.36. The molecule has 0 unspecified atom stereocenters. The number of esters is 2. The predicted molar refractivity (Wildman–Crippen MR) is 120 cm³/mol. The minimum absolute atomic E-state index is 0.189. The summed E-state index contributed by atoms with van der Waals surface area (Å²) in [6.07, 6.45) is 1.08. The van der Waals surface area contributed by atoms with Gasteiger partial charge >= 0.3 is 11.9 Å². The first kappa shape index (κ1) is 22.3. The van der Waals surface area contributed by atoms with Gasteiger partial charge in [-0.1, -0.05) is 23.7 Å². The van der Waals surface area contributed by atoms with E-state index in [1.54, 1.807) is 21.7 Å². The number of hydrogen-bond acceptors (Lipinski definition) is 7. The van der Waals surface area contributed by atoms with E-state index in [1.165, 1.54) is 18.4 Å². The number of carbonyl (C=O) groups excluding carboxylic acids is 3. The lowest BCUT2D eigenvalue weighted by Gasteiger charge is -2.30. The van der Waals surface area contributed by atoms with Gasteiger partial charge in [0.15, 0.2) is 6.61 Å². The zero-order chi connectivity index (χ0) is 22.8. The van der Waals surface area contributed by atoms with Gasteiger partial charge in [-0.2, -0.15) is 5.10 Å². The van der Waals surface area contributed by atoms with E-state index in [0.29, 0.717) is 35.8 Å². The van der Waals surface area contributed by atoms with Gasteiger partial charge in [-0.25, -0.2) is 9.48 Å². The Balaban J connectivity index is 1.42. The molecule has 10 heteroatoms. The molecule has 0 aliphatic carbocycles. The van der Waals surface area contributed by atoms with Crippen molar-refractivity contribution in [3.05, 3.63) is 45.9 Å². The minimum Gasteiger partial charge on any atom is -0.469 e. The molecular formula is C22H22ClN3O5S. The van der Waals surface area contributed by atoms with Gasteiger partial charge in [-0.3, -0.25) is 9.59 Å². The van der Waals surface area contributed by atoms with E-state index in [4.69, 9.17) is 21.1 Å². The maximum Gasteiger partial charge on any atom is 0.348 e. The lowest BCUT2D eigenvalue weighted by Crippen LogP contribution is -2.42. The van der Waals surface area contributed by atoms with Crippen LogP contribution in [-0.2, 0) is 19.1 Å². The highest BCUT2D eigenvalue weighted by molar-refractivity contribution is 7.20. The average Bonchev–Trinajstić information content (AvgIpc) is 3.38. The van der Waals surface area contributed by atoms with Crippen LogP contribution < -0.4 is 0 Å². The van der Waals surface area contributed by atoms with Gasteiger partial charge in [-0.15, -0.1) is 11.3 Å². The van der Waals surface area contributed by atoms with Crippen molar-refractivity contribution in [1.29, 1.82) is 0 Å². The van der Waals surface area contributed by atoms with Crippen molar-refractivity contribution in [2.75, 3.05) is 26.8 Å². The summed E-state index contributed by atoms with van der Waals surface area (Å²) < 4.78 is 11.8. The second kappa shape index (κ2) is 9.30. The molecule has 4 rings (SSSR count). The highest BCUT2D eigenvalue weighted by Gasteiger charge is 2.28. The number of benzene rings is 1. The molecule has 1 fully saturated rings. The second-order valence-electron chi connectivity index (χ2n) is 7.53. The monoisotopic (exact) mass is 475 g/mol. The van der Waals surface area contributed by atoms with E-state index >= 15 is 0 Å². The molecule has 1 aliphatic heterocycles. The number of fused-ring (bicyclic) bond motifs is 1. The number of nitrogens with zero attached hydrogens (tertiary/aromatic N) is 3. The SMILES string of the molecule is COC(=O)C1CCN(C(=O)COC(=O)c2cc3c(C)nn(-c4ccccc4Cl)c3s2)CC1. The Morgan fingerprint density at radius 3 is 2.62 bits per heavy atom. The number of methoxy groups -OCH3 is 1. The number of aryl methyl sites for hydroxylation is 1. The molecule has 32 heavy (non-hydrogen) atoms. The van der Waals surface area contributed by atoms with E-state index in [9.17, 15) is 14.4 Å². The lowest BCUT2D eigenvalue weighted by atomic mass is 9.97. The first-order valence-electron chi connectivity index (χ1n) is 10.2. The Morgan fingerprint density at radius 2 is 1.94 bits per heavy atom. The first-order valence-corrected chi connectivity index (χ1v) is 11.3. The number of ether oxygens (including phenoxy) is 2. The van der Waals surface area contributed by atoms with Crippen LogP contribution in [0.1, 0.15) is 28.2 Å². The van der Waals surface area contributed by atoms with E-state index < -0.39 is 5.97 Å². The largest absolute Gasteiger partial charge is 0.469 e. The number of carbonyl (C=O) groups is 3. The van der Waals surface area contributed by atoms with Crippen LogP contribution in [-0.4, -0.2) is 59.3 Å². The molecule has 1 saturated heterocycles. The Labute approximate surface area is 193 Å². The minimum atomic E-state index is -0.561. The van der Waals surface area contributed by atoms with Crippen LogP contribution in [0, 0.1) is 12.8 Å². The number of aromatic nitrogens is 2. The van der Waals surface area contributed by atoms with Crippen LogP contribution in [0.15, 0.2) is 30.3 Å². The van der Waals surface area contributed by atoms with Gasteiger partial charge < -0.3 is 14.4 Å². The predicted octanol–water partition coefficient (Wildman–Crippen LogP) is 3.62. The van der Waals surface area contributed by atoms with Gasteiger partial charge in [0.2, 0.25) is 0 Å². The average molecular weight is 476 g/mol. The Kier molecular flexibility index (Phi) is 6.48.